The molecule has 0 bridgehead atoms. The van der Waals surface area contributed by atoms with Gasteiger partial charge in [0.1, 0.15) is 5.82 Å². The minimum absolute atomic E-state index is 0.0900. The monoisotopic (exact) mass is 331 g/mol. The maximum absolute atomic E-state index is 12.9. The van der Waals surface area contributed by atoms with Crippen LogP contribution in [0.3, 0.4) is 0 Å². The first-order valence-corrected chi connectivity index (χ1v) is 9.54. The Bertz CT molecular complexity index is 641. The summed E-state index contributed by atoms with van der Waals surface area (Å²) in [4.78, 5) is 19.5. The smallest absolute Gasteiger partial charge is 0.227 e. The van der Waals surface area contributed by atoms with Gasteiger partial charge in [0, 0.05) is 37.0 Å². The highest BCUT2D eigenvalue weighted by Gasteiger charge is 2.29. The van der Waals surface area contributed by atoms with E-state index >= 15 is 0 Å². The highest BCUT2D eigenvalue weighted by atomic mass is 32.1. The van der Waals surface area contributed by atoms with E-state index in [0.717, 1.165) is 56.8 Å². The molecule has 1 unspecified atom stereocenters. The number of carbonyl (C=O) groups is 1. The molecule has 0 aromatic carbocycles. The predicted molar refractivity (Wildman–Crippen MR) is 94.5 cm³/mol. The summed E-state index contributed by atoms with van der Waals surface area (Å²) in [5.41, 5.74) is 2.36. The molecule has 0 fully saturated rings. The number of thiophene rings is 1. The van der Waals surface area contributed by atoms with Gasteiger partial charge in [-0.3, -0.25) is 4.79 Å². The maximum atomic E-state index is 12.9. The van der Waals surface area contributed by atoms with Crippen LogP contribution in [0.5, 0.6) is 0 Å². The van der Waals surface area contributed by atoms with Gasteiger partial charge in [0.25, 0.3) is 0 Å². The zero-order valence-electron chi connectivity index (χ0n) is 14.0. The average molecular weight is 331 g/mol. The maximum Gasteiger partial charge on any atom is 0.227 e. The second-order valence-corrected chi connectivity index (χ2v) is 7.02. The molecule has 4 nitrogen and oxygen atoms in total. The number of hydrogen-bond acceptors (Lipinski definition) is 3. The van der Waals surface area contributed by atoms with Crippen LogP contribution in [0.2, 0.25) is 0 Å². The van der Waals surface area contributed by atoms with Crippen LogP contribution in [0.4, 0.5) is 0 Å². The molecule has 0 aliphatic carbocycles. The molecule has 0 saturated heterocycles. The summed E-state index contributed by atoms with van der Waals surface area (Å²) < 4.78 is 2.25. The van der Waals surface area contributed by atoms with Crippen molar-refractivity contribution in [1.82, 2.24) is 14.5 Å². The minimum Gasteiger partial charge on any atom is -0.342 e. The largest absolute Gasteiger partial charge is 0.342 e. The van der Waals surface area contributed by atoms with Gasteiger partial charge in [0.15, 0.2) is 0 Å². The number of aryl methyl sites for hydroxylation is 1. The first-order chi connectivity index (χ1) is 11.2. The molecular formula is C18H25N3OS. The summed E-state index contributed by atoms with van der Waals surface area (Å²) in [7, 11) is 0. The van der Waals surface area contributed by atoms with Gasteiger partial charge in [-0.05, 0) is 30.7 Å². The van der Waals surface area contributed by atoms with E-state index in [1.165, 1.54) is 5.56 Å². The third-order valence-corrected chi connectivity index (χ3v) is 5.21. The van der Waals surface area contributed by atoms with Crippen LogP contribution in [0, 0.1) is 5.92 Å². The average Bonchev–Trinajstić information content (AvgIpc) is 3.22. The van der Waals surface area contributed by atoms with Gasteiger partial charge in [0.2, 0.25) is 5.91 Å². The van der Waals surface area contributed by atoms with E-state index in [0.29, 0.717) is 5.91 Å². The van der Waals surface area contributed by atoms with Crippen LogP contribution >= 0.6 is 11.3 Å². The number of imidazole rings is 1. The van der Waals surface area contributed by atoms with Crippen molar-refractivity contribution in [1.29, 1.82) is 0 Å². The molecule has 1 amide bonds. The summed E-state index contributed by atoms with van der Waals surface area (Å²) in [6.07, 6.45) is 5.82. The molecule has 0 saturated carbocycles. The summed E-state index contributed by atoms with van der Waals surface area (Å²) in [5, 5.41) is 4.24. The highest BCUT2D eigenvalue weighted by molar-refractivity contribution is 7.08. The van der Waals surface area contributed by atoms with Gasteiger partial charge < -0.3 is 9.47 Å². The fourth-order valence-electron chi connectivity index (χ4n) is 3.40. The summed E-state index contributed by atoms with van der Waals surface area (Å²) in [6, 6.07) is 2.13. The summed E-state index contributed by atoms with van der Waals surface area (Å²) in [5.74, 6) is 1.53. The molecule has 0 radical (unpaired) electrons. The second kappa shape index (κ2) is 7.30. The van der Waals surface area contributed by atoms with Crippen molar-refractivity contribution in [3.63, 3.8) is 0 Å². The lowest BCUT2D eigenvalue weighted by atomic mass is 9.97. The number of nitrogens with zero attached hydrogens (tertiary/aromatic N) is 3. The van der Waals surface area contributed by atoms with Crippen LogP contribution in [0.1, 0.15) is 38.9 Å². The van der Waals surface area contributed by atoms with Crippen molar-refractivity contribution in [2.24, 2.45) is 5.92 Å². The number of aromatic nitrogens is 2. The van der Waals surface area contributed by atoms with E-state index in [9.17, 15) is 4.79 Å². The lowest BCUT2D eigenvalue weighted by molar-refractivity contribution is -0.136. The number of fused-ring (bicyclic) bond motifs is 1. The van der Waals surface area contributed by atoms with Crippen molar-refractivity contribution >= 4 is 17.2 Å². The molecular weight excluding hydrogens is 306 g/mol. The van der Waals surface area contributed by atoms with Gasteiger partial charge >= 0.3 is 0 Å². The van der Waals surface area contributed by atoms with Crippen molar-refractivity contribution in [2.45, 2.75) is 46.1 Å². The van der Waals surface area contributed by atoms with Crippen LogP contribution in [0.15, 0.2) is 23.0 Å². The van der Waals surface area contributed by atoms with E-state index in [2.05, 4.69) is 45.1 Å². The molecule has 0 spiro atoms. The standard InChI is InChI=1S/C18H25N3OS/c1-3-8-20(9-4-2)18(22)14-5-6-17-19-11-16(21(17)12-14)15-7-10-23-13-15/h7,10-11,13-14H,3-6,8-9,12H2,1-2H3. The Balaban J connectivity index is 1.79. The zero-order valence-corrected chi connectivity index (χ0v) is 14.8. The Hall–Kier alpha value is -1.62. The van der Waals surface area contributed by atoms with Crippen molar-refractivity contribution in [3.05, 3.63) is 28.8 Å². The lowest BCUT2D eigenvalue weighted by Crippen LogP contribution is -2.40. The molecule has 2 aromatic heterocycles. The molecule has 3 rings (SSSR count). The normalized spacial score (nSPS) is 17.0. The Morgan fingerprint density at radius 2 is 2.17 bits per heavy atom. The number of amides is 1. The van der Waals surface area contributed by atoms with Gasteiger partial charge in [0.05, 0.1) is 17.8 Å². The fraction of sp³-hybridized carbons (Fsp3) is 0.556. The van der Waals surface area contributed by atoms with Crippen molar-refractivity contribution in [2.75, 3.05) is 13.1 Å². The van der Waals surface area contributed by atoms with Gasteiger partial charge in [-0.15, -0.1) is 0 Å². The van der Waals surface area contributed by atoms with Crippen LogP contribution in [-0.4, -0.2) is 33.4 Å². The highest BCUT2D eigenvalue weighted by Crippen LogP contribution is 2.29. The Labute approximate surface area is 142 Å². The van der Waals surface area contributed by atoms with Crippen LogP contribution in [-0.2, 0) is 17.8 Å². The van der Waals surface area contributed by atoms with Crippen molar-refractivity contribution in [3.8, 4) is 11.3 Å². The molecule has 5 heteroatoms. The number of rotatable bonds is 6. The van der Waals surface area contributed by atoms with Crippen LogP contribution in [0.25, 0.3) is 11.3 Å². The summed E-state index contributed by atoms with van der Waals surface area (Å²) in [6.45, 7) is 6.79. The minimum atomic E-state index is 0.0900. The zero-order chi connectivity index (χ0) is 16.2. The van der Waals surface area contributed by atoms with E-state index in [-0.39, 0.29) is 5.92 Å². The lowest BCUT2D eigenvalue weighted by Gasteiger charge is -2.30. The molecule has 23 heavy (non-hydrogen) atoms. The molecule has 1 aliphatic heterocycles. The van der Waals surface area contributed by atoms with Gasteiger partial charge in [-0.1, -0.05) is 13.8 Å². The number of carbonyl (C=O) groups excluding carboxylic acids is 1. The van der Waals surface area contributed by atoms with Crippen LogP contribution < -0.4 is 0 Å². The topological polar surface area (TPSA) is 38.1 Å². The van der Waals surface area contributed by atoms with Gasteiger partial charge in [-0.2, -0.15) is 11.3 Å². The molecule has 3 heterocycles. The fourth-order valence-corrected chi connectivity index (χ4v) is 4.05. The second-order valence-electron chi connectivity index (χ2n) is 6.24. The Morgan fingerprint density at radius 3 is 2.83 bits per heavy atom. The molecule has 1 atom stereocenters. The Morgan fingerprint density at radius 1 is 1.39 bits per heavy atom. The summed E-state index contributed by atoms with van der Waals surface area (Å²) >= 11 is 1.70. The molecule has 0 N–H and O–H groups in total. The quantitative estimate of drug-likeness (QED) is 0.807. The van der Waals surface area contributed by atoms with Gasteiger partial charge in [-0.25, -0.2) is 4.98 Å². The van der Waals surface area contributed by atoms with E-state index < -0.39 is 0 Å². The van der Waals surface area contributed by atoms with E-state index in [1.54, 1.807) is 11.3 Å². The Kier molecular flexibility index (Phi) is 5.16. The van der Waals surface area contributed by atoms with Crippen molar-refractivity contribution < 1.29 is 4.79 Å². The SMILES string of the molecule is CCCN(CCC)C(=O)C1CCc2ncc(-c3ccsc3)n2C1. The third-order valence-electron chi connectivity index (χ3n) is 4.52. The molecule has 124 valence electrons. The molecule has 2 aromatic rings. The molecule has 1 aliphatic rings. The van der Waals surface area contributed by atoms with E-state index in [1.807, 2.05) is 6.20 Å². The number of hydrogen-bond donors (Lipinski definition) is 0. The van der Waals surface area contributed by atoms with E-state index in [4.69, 9.17) is 0 Å². The first-order valence-electron chi connectivity index (χ1n) is 8.60. The first kappa shape index (κ1) is 16.2. The predicted octanol–water partition coefficient (Wildman–Crippen LogP) is 3.82. The third kappa shape index (κ3) is 3.34.